The van der Waals surface area contributed by atoms with Crippen LogP contribution in [0.4, 0.5) is 0 Å². The van der Waals surface area contributed by atoms with Crippen LogP contribution in [0.5, 0.6) is 0 Å². The van der Waals surface area contributed by atoms with E-state index in [0.29, 0.717) is 30.8 Å². The fourth-order valence-corrected chi connectivity index (χ4v) is 13.3. The number of rotatable bonds is 11. The van der Waals surface area contributed by atoms with Crippen LogP contribution >= 0.6 is 11.8 Å². The normalized spacial score (nSPS) is 18.7. The van der Waals surface area contributed by atoms with Gasteiger partial charge in [0, 0.05) is 17.2 Å². The number of ether oxygens (including phenoxy) is 1. The summed E-state index contributed by atoms with van der Waals surface area (Å²) in [6.07, 6.45) is 1.43. The van der Waals surface area contributed by atoms with Crippen molar-refractivity contribution in [2.24, 2.45) is 0 Å². The lowest BCUT2D eigenvalue weighted by Gasteiger charge is -2.43. The Morgan fingerprint density at radius 2 is 1.40 bits per heavy atom. The quantitative estimate of drug-likeness (QED) is 0.163. The molecule has 6 nitrogen and oxygen atoms in total. The maximum absolute atomic E-state index is 13.2. The second-order valence-corrected chi connectivity index (χ2v) is 20.6. The first kappa shape index (κ1) is 36.1. The zero-order valence-corrected chi connectivity index (χ0v) is 31.8. The molecule has 48 heavy (non-hydrogen) atoms. The molecule has 1 aliphatic rings. The number of hydrogen-bond donors (Lipinski definition) is 1. The summed E-state index contributed by atoms with van der Waals surface area (Å²) in [7, 11) is -2.80. The molecule has 0 saturated carbocycles. The summed E-state index contributed by atoms with van der Waals surface area (Å²) < 4.78 is 15.7. The zero-order valence-electron chi connectivity index (χ0n) is 29.9. The minimum atomic E-state index is -2.80. The van der Waals surface area contributed by atoms with E-state index in [4.69, 9.17) is 9.16 Å². The topological polar surface area (TPSA) is 73.3 Å². The molecule has 2 heterocycles. The van der Waals surface area contributed by atoms with Gasteiger partial charge in [-0.3, -0.25) is 14.3 Å². The van der Waals surface area contributed by atoms with Crippen molar-refractivity contribution < 1.29 is 9.16 Å². The molecule has 5 rings (SSSR count). The van der Waals surface area contributed by atoms with E-state index in [1.54, 1.807) is 10.8 Å². The van der Waals surface area contributed by atoms with Crippen molar-refractivity contribution >= 4 is 30.5 Å². The van der Waals surface area contributed by atoms with Crippen LogP contribution in [0.1, 0.15) is 109 Å². The Balaban J connectivity index is 1.56. The van der Waals surface area contributed by atoms with E-state index in [1.165, 1.54) is 38.0 Å². The first-order valence-electron chi connectivity index (χ1n) is 17.3. The number of aromatic amines is 1. The summed E-state index contributed by atoms with van der Waals surface area (Å²) in [5, 5.41) is 2.18. The van der Waals surface area contributed by atoms with Crippen LogP contribution in [0, 0.1) is 0 Å². The van der Waals surface area contributed by atoms with E-state index in [2.05, 4.69) is 140 Å². The Kier molecular flexibility index (Phi) is 11.1. The van der Waals surface area contributed by atoms with Crippen LogP contribution in [0.25, 0.3) is 0 Å². The molecular formula is C40H52N2O4SSi. The Bertz CT molecular complexity index is 1730. The smallest absolute Gasteiger partial charge is 0.330 e. The third-order valence-corrected chi connectivity index (χ3v) is 16.0. The molecule has 0 radical (unpaired) electrons. The molecule has 3 atom stereocenters. The minimum Gasteiger partial charge on any atom is -0.405 e. The Labute approximate surface area is 291 Å². The molecule has 0 spiro atoms. The van der Waals surface area contributed by atoms with Gasteiger partial charge in [0.2, 0.25) is 0 Å². The number of thioether (sulfide) groups is 1. The Morgan fingerprint density at radius 1 is 0.854 bits per heavy atom. The second-order valence-electron chi connectivity index (χ2n) is 15.0. The number of hydrogen-bond acceptors (Lipinski definition) is 5. The molecule has 8 heteroatoms. The molecule has 1 N–H and O–H groups in total. The van der Waals surface area contributed by atoms with Crippen molar-refractivity contribution in [3.8, 4) is 0 Å². The van der Waals surface area contributed by atoms with Gasteiger partial charge in [-0.05, 0) is 56.3 Å². The molecular weight excluding hydrogens is 633 g/mol. The molecule has 4 aromatic rings. The van der Waals surface area contributed by atoms with Gasteiger partial charge in [-0.1, -0.05) is 135 Å². The molecule has 1 fully saturated rings. The van der Waals surface area contributed by atoms with E-state index in [-0.39, 0.29) is 16.4 Å². The highest BCUT2D eigenvalue weighted by Gasteiger charge is 2.51. The minimum absolute atomic E-state index is 0.0822. The van der Waals surface area contributed by atoms with Crippen LogP contribution in [0.2, 0.25) is 5.04 Å². The summed E-state index contributed by atoms with van der Waals surface area (Å²) in [6.45, 7) is 20.7. The van der Waals surface area contributed by atoms with Gasteiger partial charge in [0.1, 0.15) is 0 Å². The predicted octanol–water partition coefficient (Wildman–Crippen LogP) is 7.93. The number of nitrogens with zero attached hydrogens (tertiary/aromatic N) is 1. The van der Waals surface area contributed by atoms with Crippen LogP contribution in [0.3, 0.4) is 0 Å². The van der Waals surface area contributed by atoms with Crippen LogP contribution in [-0.4, -0.2) is 35.8 Å². The number of H-pyrrole nitrogens is 1. The Morgan fingerprint density at radius 3 is 1.85 bits per heavy atom. The van der Waals surface area contributed by atoms with E-state index in [9.17, 15) is 9.59 Å². The molecule has 1 aliphatic heterocycles. The predicted molar refractivity (Wildman–Crippen MR) is 202 cm³/mol. The third-order valence-electron chi connectivity index (χ3n) is 9.52. The van der Waals surface area contributed by atoms with Crippen LogP contribution in [-0.2, 0) is 9.16 Å². The van der Waals surface area contributed by atoms with E-state index >= 15 is 0 Å². The average Bonchev–Trinajstić information content (AvgIpc) is 3.43. The summed E-state index contributed by atoms with van der Waals surface area (Å²) >= 11 is 1.81. The van der Waals surface area contributed by atoms with E-state index in [1.807, 2.05) is 11.8 Å². The third kappa shape index (κ3) is 7.37. The van der Waals surface area contributed by atoms with Gasteiger partial charge >= 0.3 is 5.69 Å². The molecule has 3 aromatic carbocycles. The van der Waals surface area contributed by atoms with Crippen molar-refractivity contribution in [3.05, 3.63) is 123 Å². The monoisotopic (exact) mass is 684 g/mol. The fraction of sp³-hybridized carbons (Fsp3) is 0.450. The van der Waals surface area contributed by atoms with Crippen molar-refractivity contribution in [2.75, 3.05) is 6.61 Å². The van der Waals surface area contributed by atoms with Crippen LogP contribution in [0.15, 0.2) is 99.5 Å². The van der Waals surface area contributed by atoms with Crippen molar-refractivity contribution in [1.29, 1.82) is 0 Å². The highest BCUT2D eigenvalue weighted by atomic mass is 32.2. The van der Waals surface area contributed by atoms with E-state index < -0.39 is 25.8 Å². The summed E-state index contributed by atoms with van der Waals surface area (Å²) in [5.74, 6) is 1.08. The van der Waals surface area contributed by atoms with Gasteiger partial charge < -0.3 is 9.16 Å². The average molecular weight is 685 g/mol. The lowest BCUT2D eigenvalue weighted by Crippen LogP contribution is -2.67. The van der Waals surface area contributed by atoms with E-state index in [0.717, 1.165) is 0 Å². The lowest BCUT2D eigenvalue weighted by molar-refractivity contribution is -0.0203. The van der Waals surface area contributed by atoms with Gasteiger partial charge in [0.25, 0.3) is 13.9 Å². The Hall–Kier alpha value is -3.17. The SMILES string of the molecule is CC(C)c1cc(C(C)C)c(S[C@@H]2C[C@@H](CO[Si](c3ccccc3)(c3ccccc3)C(C)(C)C)O[C@@H]2n2ccc(=O)[nH]c2=O)c(C(C)C)c1. The molecule has 256 valence electrons. The molecule has 0 amide bonds. The molecule has 0 aliphatic carbocycles. The fourth-order valence-electron chi connectivity index (χ4n) is 6.96. The van der Waals surface area contributed by atoms with Gasteiger partial charge in [-0.2, -0.15) is 0 Å². The van der Waals surface area contributed by atoms with Gasteiger partial charge in [0.05, 0.1) is 18.0 Å². The van der Waals surface area contributed by atoms with Gasteiger partial charge in [-0.15, -0.1) is 11.8 Å². The summed E-state index contributed by atoms with van der Waals surface area (Å²) in [4.78, 5) is 29.0. The van der Waals surface area contributed by atoms with Crippen molar-refractivity contribution in [3.63, 3.8) is 0 Å². The number of aromatic nitrogens is 2. The molecule has 0 unspecified atom stereocenters. The highest BCUT2D eigenvalue weighted by Crippen LogP contribution is 2.47. The van der Waals surface area contributed by atoms with Crippen molar-refractivity contribution in [1.82, 2.24) is 9.55 Å². The second kappa shape index (κ2) is 14.7. The summed E-state index contributed by atoms with van der Waals surface area (Å²) in [5.41, 5.74) is 3.12. The first-order chi connectivity index (χ1) is 22.7. The van der Waals surface area contributed by atoms with Gasteiger partial charge in [0.15, 0.2) is 6.23 Å². The maximum Gasteiger partial charge on any atom is 0.330 e. The van der Waals surface area contributed by atoms with Crippen molar-refractivity contribution in [2.45, 2.75) is 114 Å². The number of nitrogens with one attached hydrogen (secondary N) is 1. The maximum atomic E-state index is 13.2. The standard InChI is InChI=1S/C40H52N2O4SSi/c1-26(2)29-22-33(27(3)4)37(34(23-29)28(5)6)47-35-24-30(46-38(35)42-21-20-36(43)41-39(42)44)25-45-48(40(7,8)9,31-16-12-10-13-17-31)32-18-14-11-15-19-32/h10-23,26-28,30,35,38H,24-25H2,1-9H3,(H,41,43,44)/t30-,35+,38-/m0/s1. The van der Waals surface area contributed by atoms with Crippen LogP contribution < -0.4 is 21.6 Å². The van der Waals surface area contributed by atoms with Gasteiger partial charge in [-0.25, -0.2) is 4.79 Å². The first-order valence-corrected chi connectivity index (χ1v) is 20.1. The molecule has 0 bridgehead atoms. The zero-order chi connectivity index (χ0) is 34.8. The number of benzene rings is 3. The largest absolute Gasteiger partial charge is 0.405 e. The lowest BCUT2D eigenvalue weighted by atomic mass is 9.89. The summed E-state index contributed by atoms with van der Waals surface area (Å²) in [6, 6.07) is 27.4. The molecule has 1 aromatic heterocycles. The highest BCUT2D eigenvalue weighted by molar-refractivity contribution is 8.00. The molecule has 1 saturated heterocycles.